The van der Waals surface area contributed by atoms with Crippen LogP contribution < -0.4 is 5.32 Å². The van der Waals surface area contributed by atoms with Gasteiger partial charge >= 0.3 is 0 Å². The van der Waals surface area contributed by atoms with Gasteiger partial charge in [0.25, 0.3) is 0 Å². The van der Waals surface area contributed by atoms with Gasteiger partial charge in [0, 0.05) is 29.5 Å². The van der Waals surface area contributed by atoms with Crippen molar-refractivity contribution in [2.45, 2.75) is 20.4 Å². The first-order valence-electron chi connectivity index (χ1n) is 6.08. The van der Waals surface area contributed by atoms with E-state index in [1.165, 1.54) is 17.0 Å². The molecule has 1 aromatic carbocycles. The number of aromatic nitrogens is 1. The van der Waals surface area contributed by atoms with E-state index in [0.29, 0.717) is 5.56 Å². The van der Waals surface area contributed by atoms with E-state index in [2.05, 4.69) is 58.8 Å². The summed E-state index contributed by atoms with van der Waals surface area (Å²) in [6, 6.07) is 10.1. The number of aryl methyl sites for hydroxylation is 1. The van der Waals surface area contributed by atoms with Crippen molar-refractivity contribution in [1.82, 2.24) is 4.57 Å². The molecule has 0 atom stereocenters. The van der Waals surface area contributed by atoms with Crippen LogP contribution >= 0.6 is 15.9 Å². The van der Waals surface area contributed by atoms with Gasteiger partial charge in [-0.1, -0.05) is 15.9 Å². The van der Waals surface area contributed by atoms with Gasteiger partial charge in [0.05, 0.1) is 11.3 Å². The summed E-state index contributed by atoms with van der Waals surface area (Å²) >= 11 is 3.38. The second-order valence-electron chi connectivity index (χ2n) is 4.61. The Labute approximate surface area is 122 Å². The summed E-state index contributed by atoms with van der Waals surface area (Å²) in [5.41, 5.74) is 5.27. The van der Waals surface area contributed by atoms with E-state index in [1.807, 2.05) is 18.2 Å². The third kappa shape index (κ3) is 2.82. The molecule has 1 aromatic heterocycles. The molecule has 0 aliphatic heterocycles. The minimum absolute atomic E-state index is 0.652. The van der Waals surface area contributed by atoms with E-state index in [0.717, 1.165) is 16.7 Å². The van der Waals surface area contributed by atoms with Crippen molar-refractivity contribution < 1.29 is 0 Å². The van der Waals surface area contributed by atoms with Crippen molar-refractivity contribution in [1.29, 1.82) is 5.26 Å². The molecule has 1 heterocycles. The van der Waals surface area contributed by atoms with Crippen molar-refractivity contribution >= 4 is 21.6 Å². The first-order valence-corrected chi connectivity index (χ1v) is 6.87. The molecular weight excluding hydrogens is 302 g/mol. The largest absolute Gasteiger partial charge is 0.380 e. The Balaban J connectivity index is 2.19. The predicted molar refractivity (Wildman–Crippen MR) is 81.1 cm³/mol. The Morgan fingerprint density at radius 3 is 2.63 bits per heavy atom. The quantitative estimate of drug-likeness (QED) is 0.933. The molecule has 1 N–H and O–H groups in total. The maximum Gasteiger partial charge on any atom is 0.101 e. The van der Waals surface area contributed by atoms with Gasteiger partial charge in [-0.3, -0.25) is 0 Å². The van der Waals surface area contributed by atoms with Crippen molar-refractivity contribution in [3.8, 4) is 6.07 Å². The molecule has 0 saturated heterocycles. The lowest BCUT2D eigenvalue weighted by Gasteiger charge is -2.09. The molecule has 0 fully saturated rings. The van der Waals surface area contributed by atoms with Crippen LogP contribution in [0.25, 0.3) is 0 Å². The first kappa shape index (κ1) is 13.7. The molecule has 2 rings (SSSR count). The Morgan fingerprint density at radius 2 is 2.05 bits per heavy atom. The third-order valence-electron chi connectivity index (χ3n) is 3.45. The summed E-state index contributed by atoms with van der Waals surface area (Å²) in [6.07, 6.45) is 0. The fourth-order valence-electron chi connectivity index (χ4n) is 2.07. The Hall–Kier alpha value is -1.73. The van der Waals surface area contributed by atoms with Crippen LogP contribution in [-0.2, 0) is 13.6 Å². The SMILES string of the molecule is Cc1cc(CNc2ccc(Br)cc2C#N)c(C)n1C. The topological polar surface area (TPSA) is 40.8 Å². The van der Waals surface area contributed by atoms with Crippen molar-refractivity contribution in [3.05, 3.63) is 51.3 Å². The number of nitriles is 1. The highest BCUT2D eigenvalue weighted by Gasteiger charge is 2.07. The molecule has 19 heavy (non-hydrogen) atoms. The predicted octanol–water partition coefficient (Wildman–Crippen LogP) is 3.89. The monoisotopic (exact) mass is 317 g/mol. The fourth-order valence-corrected chi connectivity index (χ4v) is 2.43. The van der Waals surface area contributed by atoms with Crippen LogP contribution in [0.1, 0.15) is 22.5 Å². The van der Waals surface area contributed by atoms with Crippen LogP contribution in [0.3, 0.4) is 0 Å². The van der Waals surface area contributed by atoms with Crippen molar-refractivity contribution in [2.24, 2.45) is 7.05 Å². The highest BCUT2D eigenvalue weighted by Crippen LogP contribution is 2.22. The molecule has 0 bridgehead atoms. The first-order chi connectivity index (χ1) is 9.02. The Kier molecular flexibility index (Phi) is 3.96. The number of halogens is 1. The number of rotatable bonds is 3. The number of hydrogen-bond donors (Lipinski definition) is 1. The molecule has 3 nitrogen and oxygen atoms in total. The zero-order chi connectivity index (χ0) is 14.0. The van der Waals surface area contributed by atoms with E-state index in [1.54, 1.807) is 0 Å². The number of anilines is 1. The maximum atomic E-state index is 9.13. The van der Waals surface area contributed by atoms with Gasteiger partial charge in [-0.25, -0.2) is 0 Å². The summed E-state index contributed by atoms with van der Waals surface area (Å²) < 4.78 is 3.09. The van der Waals surface area contributed by atoms with Crippen molar-refractivity contribution in [3.63, 3.8) is 0 Å². The molecule has 4 heteroatoms. The van der Waals surface area contributed by atoms with E-state index < -0.39 is 0 Å². The van der Waals surface area contributed by atoms with Gasteiger partial charge in [0.2, 0.25) is 0 Å². The van der Waals surface area contributed by atoms with E-state index >= 15 is 0 Å². The second-order valence-corrected chi connectivity index (χ2v) is 5.53. The van der Waals surface area contributed by atoms with Crippen LogP contribution in [0.15, 0.2) is 28.7 Å². The summed E-state index contributed by atoms with van der Waals surface area (Å²) in [4.78, 5) is 0. The standard InChI is InChI=1S/C15H16BrN3/c1-10-6-13(11(2)19(10)3)9-18-15-5-4-14(16)7-12(15)8-17/h4-7,18H,9H2,1-3H3. The van der Waals surface area contributed by atoms with Gasteiger partial charge in [-0.05, 0) is 43.7 Å². The van der Waals surface area contributed by atoms with Gasteiger partial charge in [-0.15, -0.1) is 0 Å². The third-order valence-corrected chi connectivity index (χ3v) is 3.94. The normalized spacial score (nSPS) is 10.3. The lowest BCUT2D eigenvalue weighted by molar-refractivity contribution is 0.837. The molecule has 0 saturated carbocycles. The molecule has 0 aliphatic rings. The lowest BCUT2D eigenvalue weighted by Crippen LogP contribution is -2.02. The van der Waals surface area contributed by atoms with Crippen molar-refractivity contribution in [2.75, 3.05) is 5.32 Å². The van der Waals surface area contributed by atoms with E-state index in [9.17, 15) is 0 Å². The molecule has 0 spiro atoms. The Morgan fingerprint density at radius 1 is 1.32 bits per heavy atom. The van der Waals surface area contributed by atoms with Crippen LogP contribution in [0, 0.1) is 25.2 Å². The van der Waals surface area contributed by atoms with Gasteiger partial charge in [0.1, 0.15) is 6.07 Å². The molecular formula is C15H16BrN3. The number of nitrogens with one attached hydrogen (secondary N) is 1. The van der Waals surface area contributed by atoms with E-state index in [4.69, 9.17) is 5.26 Å². The molecule has 0 unspecified atom stereocenters. The van der Waals surface area contributed by atoms with Gasteiger partial charge in [-0.2, -0.15) is 5.26 Å². The average Bonchev–Trinajstić information content (AvgIpc) is 2.64. The zero-order valence-corrected chi connectivity index (χ0v) is 12.9. The number of hydrogen-bond acceptors (Lipinski definition) is 2. The van der Waals surface area contributed by atoms with Gasteiger partial charge in [0.15, 0.2) is 0 Å². The van der Waals surface area contributed by atoms with Gasteiger partial charge < -0.3 is 9.88 Å². The average molecular weight is 318 g/mol. The second kappa shape index (κ2) is 5.50. The molecule has 0 radical (unpaired) electrons. The van der Waals surface area contributed by atoms with E-state index in [-0.39, 0.29) is 0 Å². The summed E-state index contributed by atoms with van der Waals surface area (Å²) in [5.74, 6) is 0. The van der Waals surface area contributed by atoms with Crippen LogP contribution in [0.4, 0.5) is 5.69 Å². The lowest BCUT2D eigenvalue weighted by atomic mass is 10.2. The molecule has 98 valence electrons. The molecule has 2 aromatic rings. The van der Waals surface area contributed by atoms with Crippen LogP contribution in [0.2, 0.25) is 0 Å². The summed E-state index contributed by atoms with van der Waals surface area (Å²) in [5, 5.41) is 12.5. The number of nitrogens with zero attached hydrogens (tertiary/aromatic N) is 2. The van der Waals surface area contributed by atoms with Crippen LogP contribution in [0.5, 0.6) is 0 Å². The minimum atomic E-state index is 0.652. The minimum Gasteiger partial charge on any atom is -0.380 e. The summed E-state index contributed by atoms with van der Waals surface area (Å²) in [7, 11) is 2.06. The highest BCUT2D eigenvalue weighted by molar-refractivity contribution is 9.10. The highest BCUT2D eigenvalue weighted by atomic mass is 79.9. The Bertz CT molecular complexity index is 650. The fraction of sp³-hybridized carbons (Fsp3) is 0.267. The maximum absolute atomic E-state index is 9.13. The molecule has 0 amide bonds. The smallest absolute Gasteiger partial charge is 0.101 e. The summed E-state index contributed by atoms with van der Waals surface area (Å²) in [6.45, 7) is 4.93. The number of benzene rings is 1. The zero-order valence-electron chi connectivity index (χ0n) is 11.3. The molecule has 0 aliphatic carbocycles. The van der Waals surface area contributed by atoms with Crippen LogP contribution in [-0.4, -0.2) is 4.57 Å².